The molecule has 0 unspecified atom stereocenters. The maximum Gasteiger partial charge on any atom is 0.150 e. The average Bonchev–Trinajstić information content (AvgIpc) is 3.62. The molecular formula is C31H37Cl2FN2O2. The van der Waals surface area contributed by atoms with Crippen LogP contribution in [-0.2, 0) is 10.2 Å². The Hall–Kier alpha value is -1.66. The van der Waals surface area contributed by atoms with Crippen molar-refractivity contribution >= 4 is 34.7 Å². The van der Waals surface area contributed by atoms with Gasteiger partial charge in [-0.15, -0.1) is 0 Å². The minimum atomic E-state index is -0.510. The van der Waals surface area contributed by atoms with Crippen LogP contribution >= 0.6 is 23.2 Å². The molecule has 2 aromatic rings. The van der Waals surface area contributed by atoms with Crippen LogP contribution in [0.25, 0.3) is 0 Å². The number of carbonyl (C=O) groups is 1. The first-order valence-corrected chi connectivity index (χ1v) is 15.1. The third-order valence-corrected chi connectivity index (χ3v) is 10.5. The normalized spacial score (nSPS) is 33.0. The highest BCUT2D eigenvalue weighted by atomic mass is 35.5. The number of ketones is 1. The van der Waals surface area contributed by atoms with Gasteiger partial charge in [-0.1, -0.05) is 67.1 Å². The Bertz CT molecular complexity index is 1190. The number of nitrogens with one attached hydrogen (secondary N) is 2. The van der Waals surface area contributed by atoms with Gasteiger partial charge in [0.15, 0.2) is 5.78 Å². The highest BCUT2D eigenvalue weighted by Crippen LogP contribution is 2.56. The van der Waals surface area contributed by atoms with Crippen LogP contribution in [0.1, 0.15) is 81.3 Å². The predicted octanol–water partition coefficient (Wildman–Crippen LogP) is 7.01. The van der Waals surface area contributed by atoms with Crippen molar-refractivity contribution in [1.82, 2.24) is 5.32 Å². The summed E-state index contributed by atoms with van der Waals surface area (Å²) in [5, 5.41) is 18.1. The molecular weight excluding hydrogens is 522 g/mol. The Labute approximate surface area is 234 Å². The van der Waals surface area contributed by atoms with Crippen LogP contribution in [0.5, 0.6) is 0 Å². The third-order valence-electron chi connectivity index (χ3n) is 9.96. The molecule has 1 spiro atoms. The van der Waals surface area contributed by atoms with Gasteiger partial charge in [0.1, 0.15) is 5.82 Å². The molecule has 2 saturated carbocycles. The van der Waals surface area contributed by atoms with Gasteiger partial charge in [-0.2, -0.15) is 0 Å². The maximum absolute atomic E-state index is 15.9. The molecule has 38 heavy (non-hydrogen) atoms. The summed E-state index contributed by atoms with van der Waals surface area (Å²) in [6.45, 7) is 0.614. The lowest BCUT2D eigenvalue weighted by Crippen LogP contribution is -2.45. The maximum atomic E-state index is 15.9. The average molecular weight is 560 g/mol. The van der Waals surface area contributed by atoms with Crippen LogP contribution in [0.15, 0.2) is 36.4 Å². The second-order valence-electron chi connectivity index (χ2n) is 12.1. The number of benzene rings is 2. The minimum absolute atomic E-state index is 0.0195. The lowest BCUT2D eigenvalue weighted by molar-refractivity contribution is -0.122. The molecule has 2 aromatic carbocycles. The zero-order valence-electron chi connectivity index (χ0n) is 21.7. The fourth-order valence-corrected chi connectivity index (χ4v) is 8.44. The summed E-state index contributed by atoms with van der Waals surface area (Å²) in [4.78, 5) is 14.1. The van der Waals surface area contributed by atoms with Gasteiger partial charge in [-0.05, 0) is 73.3 Å². The first kappa shape index (κ1) is 26.6. The Morgan fingerprint density at radius 3 is 2.55 bits per heavy atom. The van der Waals surface area contributed by atoms with E-state index in [4.69, 9.17) is 23.2 Å². The summed E-state index contributed by atoms with van der Waals surface area (Å²) in [5.41, 5.74) is 2.09. The SMILES string of the molecule is O=C(CC1CCC(O)CC1)[C@@H]1N[C@H](CC2CCCC2)[C@]2(CNc3cc(Cl)ccc32)[C@H]1c1cccc(Cl)c1F. The van der Waals surface area contributed by atoms with E-state index in [2.05, 4.69) is 16.7 Å². The first-order chi connectivity index (χ1) is 18.4. The second-order valence-corrected chi connectivity index (χ2v) is 13.0. The first-order valence-electron chi connectivity index (χ1n) is 14.3. The summed E-state index contributed by atoms with van der Waals surface area (Å²) in [7, 11) is 0. The highest BCUT2D eigenvalue weighted by molar-refractivity contribution is 6.31. The van der Waals surface area contributed by atoms with Crippen molar-refractivity contribution in [3.05, 3.63) is 63.4 Å². The Balaban J connectivity index is 1.44. The van der Waals surface area contributed by atoms with E-state index in [-0.39, 0.29) is 28.9 Å². The zero-order chi connectivity index (χ0) is 26.4. The van der Waals surface area contributed by atoms with Crippen molar-refractivity contribution < 1.29 is 14.3 Å². The van der Waals surface area contributed by atoms with E-state index in [1.807, 2.05) is 18.2 Å². The molecule has 4 atom stereocenters. The Morgan fingerprint density at radius 2 is 1.79 bits per heavy atom. The minimum Gasteiger partial charge on any atom is -0.393 e. The van der Waals surface area contributed by atoms with Gasteiger partial charge in [-0.25, -0.2) is 4.39 Å². The molecule has 1 saturated heterocycles. The Morgan fingerprint density at radius 1 is 1.03 bits per heavy atom. The van der Waals surface area contributed by atoms with E-state index in [1.165, 1.54) is 25.7 Å². The lowest BCUT2D eigenvalue weighted by Gasteiger charge is -2.38. The Kier molecular flexibility index (Phi) is 7.49. The molecule has 0 radical (unpaired) electrons. The lowest BCUT2D eigenvalue weighted by atomic mass is 9.63. The number of rotatable bonds is 6. The highest BCUT2D eigenvalue weighted by Gasteiger charge is 2.61. The van der Waals surface area contributed by atoms with Crippen molar-refractivity contribution in [2.24, 2.45) is 11.8 Å². The molecule has 0 amide bonds. The van der Waals surface area contributed by atoms with E-state index in [0.717, 1.165) is 43.4 Å². The van der Waals surface area contributed by atoms with Gasteiger partial charge in [0, 0.05) is 41.1 Å². The summed E-state index contributed by atoms with van der Waals surface area (Å²) < 4.78 is 15.9. The summed E-state index contributed by atoms with van der Waals surface area (Å²) in [6, 6.07) is 10.6. The monoisotopic (exact) mass is 558 g/mol. The van der Waals surface area contributed by atoms with Crippen molar-refractivity contribution in [1.29, 1.82) is 0 Å². The van der Waals surface area contributed by atoms with E-state index in [0.29, 0.717) is 29.5 Å². The van der Waals surface area contributed by atoms with Gasteiger partial charge in [0.05, 0.1) is 17.2 Å². The molecule has 0 aromatic heterocycles. The standard InChI is InChI=1S/C31H37Cl2FN2O2/c32-20-10-13-23-25(16-20)35-17-31(23)27(15-18-4-1-2-5-18)36-30(26(38)14-19-8-11-21(37)12-9-19)28(31)22-6-3-7-24(33)29(22)34/h3,6-7,10,13,16,18-19,21,27-28,30,35-37H,1-2,4-5,8-9,11-12,14-15,17H2/t19?,21?,27-,28+,30+,31-/m1/s1. The molecule has 2 aliphatic heterocycles. The van der Waals surface area contributed by atoms with E-state index >= 15 is 4.39 Å². The van der Waals surface area contributed by atoms with Crippen LogP contribution in [0, 0.1) is 17.7 Å². The number of hydrogen-bond donors (Lipinski definition) is 3. The molecule has 204 valence electrons. The summed E-state index contributed by atoms with van der Waals surface area (Å²) in [6.07, 6.45) is 9.26. The van der Waals surface area contributed by atoms with Gasteiger partial charge in [-0.3, -0.25) is 4.79 Å². The summed E-state index contributed by atoms with van der Waals surface area (Å²) >= 11 is 12.7. The molecule has 3 N–H and O–H groups in total. The van der Waals surface area contributed by atoms with Crippen molar-refractivity contribution in [3.63, 3.8) is 0 Å². The number of Topliss-reactive ketones (excluding diaryl/α,β-unsaturated/α-hetero) is 1. The topological polar surface area (TPSA) is 61.4 Å². The molecule has 4 nitrogen and oxygen atoms in total. The molecule has 7 heteroatoms. The zero-order valence-corrected chi connectivity index (χ0v) is 23.2. The molecule has 2 aliphatic carbocycles. The van der Waals surface area contributed by atoms with Crippen LogP contribution in [-0.4, -0.2) is 35.6 Å². The number of fused-ring (bicyclic) bond motifs is 2. The van der Waals surface area contributed by atoms with Crippen molar-refractivity contribution in [3.8, 4) is 0 Å². The van der Waals surface area contributed by atoms with Gasteiger partial charge in [0.25, 0.3) is 0 Å². The number of aliphatic hydroxyl groups excluding tert-OH is 1. The quantitative estimate of drug-likeness (QED) is 0.356. The molecule has 0 bridgehead atoms. The number of aliphatic hydroxyl groups is 1. The van der Waals surface area contributed by atoms with Gasteiger partial charge in [0.2, 0.25) is 0 Å². The largest absolute Gasteiger partial charge is 0.393 e. The number of carbonyl (C=O) groups excluding carboxylic acids is 1. The smallest absolute Gasteiger partial charge is 0.150 e. The second kappa shape index (κ2) is 10.7. The fourth-order valence-electron chi connectivity index (χ4n) is 8.08. The molecule has 6 rings (SSSR count). The van der Waals surface area contributed by atoms with Crippen LogP contribution in [0.2, 0.25) is 10.0 Å². The fraction of sp³-hybridized carbons (Fsp3) is 0.581. The van der Waals surface area contributed by atoms with Gasteiger partial charge < -0.3 is 15.7 Å². The van der Waals surface area contributed by atoms with Crippen LogP contribution < -0.4 is 10.6 Å². The van der Waals surface area contributed by atoms with Crippen molar-refractivity contribution in [2.45, 2.75) is 93.7 Å². The predicted molar refractivity (Wildman–Crippen MR) is 151 cm³/mol. The summed E-state index contributed by atoms with van der Waals surface area (Å²) in [5.74, 6) is 0.174. The van der Waals surface area contributed by atoms with E-state index < -0.39 is 23.2 Å². The van der Waals surface area contributed by atoms with E-state index in [1.54, 1.807) is 12.1 Å². The number of hydrogen-bond acceptors (Lipinski definition) is 4. The van der Waals surface area contributed by atoms with Crippen LogP contribution in [0.4, 0.5) is 10.1 Å². The van der Waals surface area contributed by atoms with Crippen molar-refractivity contribution in [2.75, 3.05) is 11.9 Å². The molecule has 2 heterocycles. The molecule has 3 fully saturated rings. The van der Waals surface area contributed by atoms with Gasteiger partial charge >= 0.3 is 0 Å². The molecule has 4 aliphatic rings. The van der Waals surface area contributed by atoms with Crippen LogP contribution in [0.3, 0.4) is 0 Å². The number of anilines is 1. The third kappa shape index (κ3) is 4.68. The van der Waals surface area contributed by atoms with E-state index in [9.17, 15) is 9.90 Å². The number of halogens is 3.